The van der Waals surface area contributed by atoms with Gasteiger partial charge in [-0.3, -0.25) is 14.9 Å². The molecule has 2 rings (SSSR count). The summed E-state index contributed by atoms with van der Waals surface area (Å²) in [6, 6.07) is 6.25. The first-order valence-electron chi connectivity index (χ1n) is 6.29. The topological polar surface area (TPSA) is 85.1 Å². The first-order valence-corrected chi connectivity index (χ1v) is 7.17. The lowest BCUT2D eigenvalue weighted by molar-refractivity contribution is -0.384. The molecular weight excluding hydrogens is 290 g/mol. The molecule has 1 heterocycles. The number of nitrogens with one attached hydrogen (secondary N) is 1. The van der Waals surface area contributed by atoms with Gasteiger partial charge in [0, 0.05) is 28.5 Å². The van der Waals surface area contributed by atoms with E-state index in [1.54, 1.807) is 17.5 Å². The van der Waals surface area contributed by atoms with E-state index in [4.69, 9.17) is 0 Å². The summed E-state index contributed by atoms with van der Waals surface area (Å²) in [4.78, 5) is 26.5. The minimum atomic E-state index is -0.503. The van der Waals surface area contributed by atoms with E-state index in [0.717, 1.165) is 0 Å². The van der Waals surface area contributed by atoms with Gasteiger partial charge in [-0.1, -0.05) is 32.9 Å². The molecule has 0 aliphatic carbocycles. The number of rotatable bonds is 3. The molecule has 1 N–H and O–H groups in total. The van der Waals surface area contributed by atoms with Gasteiger partial charge in [-0.05, 0) is 0 Å². The van der Waals surface area contributed by atoms with Gasteiger partial charge in [-0.15, -0.1) is 11.3 Å². The summed E-state index contributed by atoms with van der Waals surface area (Å²) >= 11 is 1.29. The summed E-state index contributed by atoms with van der Waals surface area (Å²) in [6.45, 7) is 5.45. The molecule has 110 valence electrons. The van der Waals surface area contributed by atoms with Crippen molar-refractivity contribution >= 4 is 28.1 Å². The number of hydrogen-bond acceptors (Lipinski definition) is 5. The summed E-state index contributed by atoms with van der Waals surface area (Å²) in [5.74, 6) is -0.123. The Hall–Kier alpha value is -2.28. The van der Waals surface area contributed by atoms with Crippen LogP contribution in [-0.2, 0) is 4.79 Å². The summed E-state index contributed by atoms with van der Waals surface area (Å²) in [5, 5.41) is 15.8. The SMILES string of the molecule is CC(C)(C)C(=O)Nc1nc(-c2cccc([N+](=O)[O-])c2)cs1. The van der Waals surface area contributed by atoms with Gasteiger partial charge in [-0.2, -0.15) is 0 Å². The Labute approximate surface area is 126 Å². The summed E-state index contributed by atoms with van der Waals surface area (Å²) in [6.07, 6.45) is 0. The zero-order valence-electron chi connectivity index (χ0n) is 11.9. The smallest absolute Gasteiger partial charge is 0.270 e. The zero-order valence-corrected chi connectivity index (χ0v) is 12.7. The third-order valence-electron chi connectivity index (χ3n) is 2.76. The van der Waals surface area contributed by atoms with E-state index in [2.05, 4.69) is 10.3 Å². The van der Waals surface area contributed by atoms with E-state index < -0.39 is 10.3 Å². The van der Waals surface area contributed by atoms with Gasteiger partial charge in [0.1, 0.15) is 0 Å². The number of non-ortho nitro benzene ring substituents is 1. The lowest BCUT2D eigenvalue weighted by Crippen LogP contribution is -2.27. The second-order valence-corrected chi connectivity index (χ2v) is 6.41. The predicted molar refractivity (Wildman–Crippen MR) is 82.3 cm³/mol. The Bertz CT molecular complexity index is 689. The predicted octanol–water partition coefficient (Wildman–Crippen LogP) is 3.70. The normalized spacial score (nSPS) is 11.2. The van der Waals surface area contributed by atoms with Crippen LogP contribution in [0.1, 0.15) is 20.8 Å². The number of anilines is 1. The Morgan fingerprint density at radius 3 is 2.71 bits per heavy atom. The maximum atomic E-state index is 11.9. The molecule has 0 aliphatic rings. The number of thiazole rings is 1. The largest absolute Gasteiger partial charge is 0.302 e. The van der Waals surface area contributed by atoms with Crippen molar-refractivity contribution in [3.63, 3.8) is 0 Å². The van der Waals surface area contributed by atoms with Gasteiger partial charge in [0.05, 0.1) is 10.6 Å². The number of benzene rings is 1. The van der Waals surface area contributed by atoms with E-state index >= 15 is 0 Å². The van der Waals surface area contributed by atoms with Gasteiger partial charge in [-0.25, -0.2) is 4.98 Å². The van der Waals surface area contributed by atoms with Gasteiger partial charge in [0.15, 0.2) is 5.13 Å². The van der Waals surface area contributed by atoms with E-state index in [-0.39, 0.29) is 11.6 Å². The van der Waals surface area contributed by atoms with E-state index in [0.29, 0.717) is 16.4 Å². The van der Waals surface area contributed by atoms with Crippen molar-refractivity contribution in [3.8, 4) is 11.3 Å². The van der Waals surface area contributed by atoms with Gasteiger partial charge in [0.25, 0.3) is 5.69 Å². The quantitative estimate of drug-likeness (QED) is 0.692. The lowest BCUT2D eigenvalue weighted by Gasteiger charge is -2.15. The van der Waals surface area contributed by atoms with Crippen molar-refractivity contribution in [2.24, 2.45) is 5.41 Å². The van der Waals surface area contributed by atoms with Crippen molar-refractivity contribution in [1.29, 1.82) is 0 Å². The number of nitro benzene ring substituents is 1. The average molecular weight is 305 g/mol. The molecule has 1 aromatic carbocycles. The van der Waals surface area contributed by atoms with Crippen LogP contribution in [0, 0.1) is 15.5 Å². The van der Waals surface area contributed by atoms with E-state index in [1.165, 1.54) is 23.5 Å². The van der Waals surface area contributed by atoms with Crippen molar-refractivity contribution < 1.29 is 9.72 Å². The molecule has 1 aromatic heterocycles. The van der Waals surface area contributed by atoms with Crippen LogP contribution in [0.5, 0.6) is 0 Å². The average Bonchev–Trinajstić information content (AvgIpc) is 2.86. The molecule has 0 bridgehead atoms. The highest BCUT2D eigenvalue weighted by molar-refractivity contribution is 7.14. The fraction of sp³-hybridized carbons (Fsp3) is 0.286. The minimum absolute atomic E-state index is 0.0146. The number of nitro groups is 1. The number of hydrogen-bond donors (Lipinski definition) is 1. The first-order chi connectivity index (χ1) is 9.77. The van der Waals surface area contributed by atoms with Crippen molar-refractivity contribution in [2.45, 2.75) is 20.8 Å². The Morgan fingerprint density at radius 1 is 1.38 bits per heavy atom. The number of carbonyl (C=O) groups excluding carboxylic acids is 1. The summed E-state index contributed by atoms with van der Waals surface area (Å²) in [7, 11) is 0. The standard InChI is InChI=1S/C14H15N3O3S/c1-14(2,3)12(18)16-13-15-11(8-21-13)9-5-4-6-10(7-9)17(19)20/h4-8H,1-3H3,(H,15,16,18). The molecule has 0 atom stereocenters. The van der Waals surface area contributed by atoms with Crippen LogP contribution < -0.4 is 5.32 Å². The highest BCUT2D eigenvalue weighted by atomic mass is 32.1. The molecule has 0 unspecified atom stereocenters. The van der Waals surface area contributed by atoms with Crippen LogP contribution in [0.4, 0.5) is 10.8 Å². The van der Waals surface area contributed by atoms with Crippen LogP contribution in [0.2, 0.25) is 0 Å². The first kappa shape index (κ1) is 15.1. The molecule has 7 heteroatoms. The Morgan fingerprint density at radius 2 is 2.10 bits per heavy atom. The highest BCUT2D eigenvalue weighted by Gasteiger charge is 2.22. The zero-order chi connectivity index (χ0) is 15.6. The molecule has 0 radical (unpaired) electrons. The molecule has 6 nitrogen and oxygen atoms in total. The number of aromatic nitrogens is 1. The van der Waals surface area contributed by atoms with Crippen LogP contribution in [0.3, 0.4) is 0 Å². The van der Waals surface area contributed by atoms with Crippen molar-refractivity contribution in [2.75, 3.05) is 5.32 Å². The third-order valence-corrected chi connectivity index (χ3v) is 3.52. The minimum Gasteiger partial charge on any atom is -0.302 e. The van der Waals surface area contributed by atoms with Gasteiger partial charge in [0.2, 0.25) is 5.91 Å². The van der Waals surface area contributed by atoms with E-state index in [1.807, 2.05) is 20.8 Å². The maximum absolute atomic E-state index is 11.9. The molecule has 0 fully saturated rings. The fourth-order valence-corrected chi connectivity index (χ4v) is 2.24. The molecule has 0 spiro atoms. The van der Waals surface area contributed by atoms with Crippen LogP contribution in [0.25, 0.3) is 11.3 Å². The highest BCUT2D eigenvalue weighted by Crippen LogP contribution is 2.28. The van der Waals surface area contributed by atoms with Crippen molar-refractivity contribution in [3.05, 3.63) is 39.8 Å². The van der Waals surface area contributed by atoms with Crippen LogP contribution >= 0.6 is 11.3 Å². The molecular formula is C14H15N3O3S. The molecule has 0 saturated heterocycles. The van der Waals surface area contributed by atoms with Crippen molar-refractivity contribution in [1.82, 2.24) is 4.98 Å². The number of carbonyl (C=O) groups is 1. The maximum Gasteiger partial charge on any atom is 0.270 e. The second-order valence-electron chi connectivity index (χ2n) is 5.55. The Kier molecular flexibility index (Phi) is 4.04. The molecule has 2 aromatic rings. The van der Waals surface area contributed by atoms with Crippen LogP contribution in [-0.4, -0.2) is 15.8 Å². The molecule has 0 aliphatic heterocycles. The molecule has 21 heavy (non-hydrogen) atoms. The summed E-state index contributed by atoms with van der Waals surface area (Å²) < 4.78 is 0. The third kappa shape index (κ3) is 3.63. The fourth-order valence-electron chi connectivity index (χ4n) is 1.53. The lowest BCUT2D eigenvalue weighted by atomic mass is 9.96. The van der Waals surface area contributed by atoms with E-state index in [9.17, 15) is 14.9 Å². The number of nitrogens with zero attached hydrogens (tertiary/aromatic N) is 2. The number of amides is 1. The monoisotopic (exact) mass is 305 g/mol. The van der Waals surface area contributed by atoms with Gasteiger partial charge < -0.3 is 5.32 Å². The Balaban J connectivity index is 2.22. The summed E-state index contributed by atoms with van der Waals surface area (Å²) in [5.41, 5.74) is 0.766. The second kappa shape index (κ2) is 5.61. The van der Waals surface area contributed by atoms with Crippen LogP contribution in [0.15, 0.2) is 29.6 Å². The van der Waals surface area contributed by atoms with Gasteiger partial charge >= 0.3 is 0 Å². The molecule has 1 amide bonds. The molecule has 0 saturated carbocycles.